The second kappa shape index (κ2) is 7.38. The quantitative estimate of drug-likeness (QED) is 0.840. The first-order valence-corrected chi connectivity index (χ1v) is 6.72. The van der Waals surface area contributed by atoms with Crippen LogP contribution in [0.5, 0.6) is 0 Å². The van der Waals surface area contributed by atoms with Gasteiger partial charge in [-0.25, -0.2) is 0 Å². The Labute approximate surface area is 119 Å². The van der Waals surface area contributed by atoms with Crippen LogP contribution in [0, 0.1) is 0 Å². The van der Waals surface area contributed by atoms with Gasteiger partial charge in [0, 0.05) is 30.2 Å². The first kappa shape index (κ1) is 15.0. The summed E-state index contributed by atoms with van der Waals surface area (Å²) >= 11 is 8.68. The van der Waals surface area contributed by atoms with Crippen molar-refractivity contribution in [3.05, 3.63) is 28.7 Å². The Balaban J connectivity index is 2.49. The van der Waals surface area contributed by atoms with Gasteiger partial charge in [0.05, 0.1) is 0 Å². The molecule has 0 aliphatic carbocycles. The number of amides is 2. The normalized spacial score (nSPS) is 9.94. The Morgan fingerprint density at radius 3 is 2.78 bits per heavy atom. The third-order valence-corrected chi connectivity index (χ3v) is 3.09. The fraction of sp³-hybridized carbons (Fsp3) is 0.333. The van der Waals surface area contributed by atoms with E-state index in [0.29, 0.717) is 6.54 Å². The molecule has 0 aliphatic heterocycles. The summed E-state index contributed by atoms with van der Waals surface area (Å²) in [5.41, 5.74) is 0.804. The van der Waals surface area contributed by atoms with Gasteiger partial charge in [-0.3, -0.25) is 9.59 Å². The number of carbonyl (C=O) groups is 2. The molecule has 0 aromatic heterocycles. The number of nitrogens with zero attached hydrogens (tertiary/aromatic N) is 1. The Morgan fingerprint density at radius 1 is 1.44 bits per heavy atom. The molecule has 0 saturated carbocycles. The predicted molar refractivity (Wildman–Crippen MR) is 75.9 cm³/mol. The van der Waals surface area contributed by atoms with Crippen molar-refractivity contribution < 1.29 is 9.59 Å². The zero-order chi connectivity index (χ0) is 13.5. The largest absolute Gasteiger partial charge is 0.355 e. The average Bonchev–Trinajstić information content (AvgIpc) is 2.37. The first-order chi connectivity index (χ1) is 8.54. The van der Waals surface area contributed by atoms with Gasteiger partial charge in [0.15, 0.2) is 0 Å². The lowest BCUT2D eigenvalue weighted by Crippen LogP contribution is -2.32. The van der Waals surface area contributed by atoms with E-state index in [-0.39, 0.29) is 24.1 Å². The number of hydrogen-bond donors (Lipinski definition) is 1. The summed E-state index contributed by atoms with van der Waals surface area (Å²) in [4.78, 5) is 24.3. The van der Waals surface area contributed by atoms with Gasteiger partial charge >= 0.3 is 0 Å². The molecule has 2 amide bonds. The lowest BCUT2D eigenvalue weighted by Gasteiger charge is -2.17. The minimum Gasteiger partial charge on any atom is -0.355 e. The highest BCUT2D eigenvalue weighted by molar-refractivity contribution is 9.10. The summed E-state index contributed by atoms with van der Waals surface area (Å²) in [5, 5.41) is 2.55. The van der Waals surface area contributed by atoms with E-state index in [0.717, 1.165) is 10.2 Å². The van der Waals surface area contributed by atoms with Crippen molar-refractivity contribution in [2.75, 3.05) is 24.4 Å². The fourth-order valence-corrected chi connectivity index (χ4v) is 1.83. The molecular formula is C12H14BrClN2O2. The third-order valence-electron chi connectivity index (χ3n) is 2.35. The van der Waals surface area contributed by atoms with E-state index in [1.807, 2.05) is 24.3 Å². The van der Waals surface area contributed by atoms with Crippen molar-refractivity contribution in [2.45, 2.75) is 6.42 Å². The SMILES string of the molecule is CN(C(=O)CCNC(=O)CCl)c1cccc(Br)c1. The second-order valence-corrected chi connectivity index (χ2v) is 4.85. The number of alkyl halides is 1. The number of hydrogen-bond acceptors (Lipinski definition) is 2. The summed E-state index contributed by atoms with van der Waals surface area (Å²) in [6.45, 7) is 0.294. The molecule has 1 aromatic carbocycles. The zero-order valence-electron chi connectivity index (χ0n) is 9.95. The van der Waals surface area contributed by atoms with Crippen LogP contribution in [0.3, 0.4) is 0 Å². The van der Waals surface area contributed by atoms with Crippen LogP contribution in [0.25, 0.3) is 0 Å². The van der Waals surface area contributed by atoms with E-state index < -0.39 is 0 Å². The number of carbonyl (C=O) groups excluding carboxylic acids is 2. The third kappa shape index (κ3) is 4.66. The molecule has 0 heterocycles. The zero-order valence-corrected chi connectivity index (χ0v) is 12.3. The molecule has 1 rings (SSSR count). The van der Waals surface area contributed by atoms with Gasteiger partial charge < -0.3 is 10.2 Å². The molecule has 0 radical (unpaired) electrons. The van der Waals surface area contributed by atoms with Gasteiger partial charge in [-0.05, 0) is 18.2 Å². The van der Waals surface area contributed by atoms with Gasteiger partial charge in [-0.1, -0.05) is 22.0 Å². The smallest absolute Gasteiger partial charge is 0.234 e. The maximum absolute atomic E-state index is 11.9. The number of anilines is 1. The van der Waals surface area contributed by atoms with E-state index in [2.05, 4.69) is 21.2 Å². The maximum atomic E-state index is 11.9. The minimum atomic E-state index is -0.269. The van der Waals surface area contributed by atoms with Gasteiger partial charge in [-0.15, -0.1) is 11.6 Å². The molecule has 0 bridgehead atoms. The molecule has 0 unspecified atom stereocenters. The van der Waals surface area contributed by atoms with Gasteiger partial charge in [0.1, 0.15) is 5.88 Å². The molecule has 98 valence electrons. The first-order valence-electron chi connectivity index (χ1n) is 5.39. The van der Waals surface area contributed by atoms with Crippen LogP contribution in [0.4, 0.5) is 5.69 Å². The van der Waals surface area contributed by atoms with Crippen LogP contribution in [0.15, 0.2) is 28.7 Å². The molecule has 6 heteroatoms. The number of nitrogens with one attached hydrogen (secondary N) is 1. The summed E-state index contributed by atoms with van der Waals surface area (Å²) < 4.78 is 0.912. The fourth-order valence-electron chi connectivity index (χ4n) is 1.35. The van der Waals surface area contributed by atoms with Crippen LogP contribution >= 0.6 is 27.5 Å². The molecule has 1 aromatic rings. The minimum absolute atomic E-state index is 0.0667. The molecule has 4 nitrogen and oxygen atoms in total. The van der Waals surface area contributed by atoms with E-state index in [9.17, 15) is 9.59 Å². The number of benzene rings is 1. The van der Waals surface area contributed by atoms with Crippen molar-refractivity contribution in [1.29, 1.82) is 0 Å². The summed E-state index contributed by atoms with van der Waals surface area (Å²) in [7, 11) is 1.70. The Bertz CT molecular complexity index is 440. The summed E-state index contributed by atoms with van der Waals surface area (Å²) in [6, 6.07) is 7.45. The van der Waals surface area contributed by atoms with Crippen molar-refractivity contribution in [3.8, 4) is 0 Å². The summed E-state index contributed by atoms with van der Waals surface area (Å²) in [5.74, 6) is -0.423. The van der Waals surface area contributed by atoms with Crippen molar-refractivity contribution >= 4 is 45.0 Å². The Morgan fingerprint density at radius 2 is 2.17 bits per heavy atom. The topological polar surface area (TPSA) is 49.4 Å². The highest BCUT2D eigenvalue weighted by Gasteiger charge is 2.11. The molecule has 1 N–H and O–H groups in total. The molecule has 0 atom stereocenters. The molecule has 18 heavy (non-hydrogen) atoms. The number of halogens is 2. The van der Waals surface area contributed by atoms with Gasteiger partial charge in [0.25, 0.3) is 0 Å². The van der Waals surface area contributed by atoms with E-state index in [1.165, 1.54) is 0 Å². The monoisotopic (exact) mass is 332 g/mol. The molecular weight excluding hydrogens is 320 g/mol. The molecule has 0 saturated heterocycles. The Kier molecular flexibility index (Phi) is 6.15. The van der Waals surface area contributed by atoms with Crippen LogP contribution in [0.1, 0.15) is 6.42 Å². The van der Waals surface area contributed by atoms with E-state index >= 15 is 0 Å². The standard InChI is InChI=1S/C12H14BrClN2O2/c1-16(10-4-2-3-9(13)7-10)12(18)5-6-15-11(17)8-14/h2-4,7H,5-6,8H2,1H3,(H,15,17). The van der Waals surface area contributed by atoms with Gasteiger partial charge in [0.2, 0.25) is 11.8 Å². The predicted octanol–water partition coefficient (Wildman–Crippen LogP) is 2.16. The molecule has 0 aliphatic rings. The number of rotatable bonds is 5. The van der Waals surface area contributed by atoms with Crippen molar-refractivity contribution in [3.63, 3.8) is 0 Å². The van der Waals surface area contributed by atoms with Crippen LogP contribution in [-0.4, -0.2) is 31.3 Å². The molecule has 0 spiro atoms. The van der Waals surface area contributed by atoms with Crippen LogP contribution in [0.2, 0.25) is 0 Å². The maximum Gasteiger partial charge on any atom is 0.234 e. The average molecular weight is 334 g/mol. The van der Waals surface area contributed by atoms with E-state index in [1.54, 1.807) is 11.9 Å². The second-order valence-electron chi connectivity index (χ2n) is 3.67. The Hall–Kier alpha value is -1.07. The van der Waals surface area contributed by atoms with Crippen LogP contribution in [-0.2, 0) is 9.59 Å². The molecule has 0 fully saturated rings. The van der Waals surface area contributed by atoms with Crippen LogP contribution < -0.4 is 10.2 Å². The summed E-state index contributed by atoms with van der Waals surface area (Å²) in [6.07, 6.45) is 0.242. The van der Waals surface area contributed by atoms with Crippen molar-refractivity contribution in [1.82, 2.24) is 5.32 Å². The lowest BCUT2D eigenvalue weighted by molar-refractivity contribution is -0.119. The van der Waals surface area contributed by atoms with Crippen molar-refractivity contribution in [2.24, 2.45) is 0 Å². The van der Waals surface area contributed by atoms with E-state index in [4.69, 9.17) is 11.6 Å². The highest BCUT2D eigenvalue weighted by Crippen LogP contribution is 2.19. The van der Waals surface area contributed by atoms with Gasteiger partial charge in [-0.2, -0.15) is 0 Å². The lowest BCUT2D eigenvalue weighted by atomic mass is 10.2. The highest BCUT2D eigenvalue weighted by atomic mass is 79.9.